The lowest BCUT2D eigenvalue weighted by atomic mass is 10.1. The molecule has 0 bridgehead atoms. The molecule has 2 nitrogen and oxygen atoms in total. The fraction of sp³-hybridized carbons (Fsp3) is 0.500. The molecule has 0 radical (unpaired) electrons. The maximum absolute atomic E-state index is 11.7. The summed E-state index contributed by atoms with van der Waals surface area (Å²) in [7, 11) is 0. The number of carbonyl (C=O) groups excluding carboxylic acids is 1. The average molecular weight is 251 g/mol. The van der Waals surface area contributed by atoms with E-state index < -0.39 is 0 Å². The molecule has 1 aromatic carbocycles. The minimum atomic E-state index is 0.0970. The Labute approximate surface area is 108 Å². The van der Waals surface area contributed by atoms with Gasteiger partial charge in [0.25, 0.3) is 0 Å². The molecule has 3 heteroatoms. The quantitative estimate of drug-likeness (QED) is 0.780. The standard InChI is InChI=1S/C14H21NOS/c1-4-5-9-17-10-14(16)15-13-8-6-7-11(2)12(13)3/h6-8H,4-5,9-10H2,1-3H3,(H,15,16). The summed E-state index contributed by atoms with van der Waals surface area (Å²) in [6.07, 6.45) is 2.37. The second kappa shape index (κ2) is 7.38. The minimum absolute atomic E-state index is 0.0970. The van der Waals surface area contributed by atoms with Gasteiger partial charge >= 0.3 is 0 Å². The second-order valence-electron chi connectivity index (χ2n) is 4.20. The van der Waals surface area contributed by atoms with Crippen molar-refractivity contribution in [3.05, 3.63) is 29.3 Å². The van der Waals surface area contributed by atoms with Crippen molar-refractivity contribution in [3.63, 3.8) is 0 Å². The Morgan fingerprint density at radius 1 is 1.35 bits per heavy atom. The maximum Gasteiger partial charge on any atom is 0.234 e. The summed E-state index contributed by atoms with van der Waals surface area (Å²) in [6.45, 7) is 6.26. The zero-order chi connectivity index (χ0) is 12.7. The van der Waals surface area contributed by atoms with Crippen molar-refractivity contribution in [2.45, 2.75) is 33.6 Å². The molecule has 0 spiro atoms. The Hall–Kier alpha value is -0.960. The van der Waals surface area contributed by atoms with Crippen molar-refractivity contribution in [3.8, 4) is 0 Å². The first-order valence-corrected chi connectivity index (χ1v) is 7.24. The summed E-state index contributed by atoms with van der Waals surface area (Å²) >= 11 is 1.70. The van der Waals surface area contributed by atoms with Gasteiger partial charge in [0.15, 0.2) is 0 Å². The van der Waals surface area contributed by atoms with E-state index in [1.807, 2.05) is 19.1 Å². The Balaban J connectivity index is 2.43. The predicted molar refractivity (Wildman–Crippen MR) is 76.8 cm³/mol. The molecule has 0 unspecified atom stereocenters. The lowest BCUT2D eigenvalue weighted by Gasteiger charge is -2.10. The molecule has 0 aliphatic heterocycles. The van der Waals surface area contributed by atoms with E-state index in [9.17, 15) is 4.79 Å². The molecule has 0 fully saturated rings. The minimum Gasteiger partial charge on any atom is -0.325 e. The first-order chi connectivity index (χ1) is 8.15. The van der Waals surface area contributed by atoms with E-state index in [0.29, 0.717) is 5.75 Å². The Morgan fingerprint density at radius 2 is 2.12 bits per heavy atom. The van der Waals surface area contributed by atoms with Crippen molar-refractivity contribution >= 4 is 23.4 Å². The van der Waals surface area contributed by atoms with Gasteiger partial charge in [0.05, 0.1) is 5.75 Å². The number of amides is 1. The largest absolute Gasteiger partial charge is 0.325 e. The van der Waals surface area contributed by atoms with E-state index in [4.69, 9.17) is 0 Å². The van der Waals surface area contributed by atoms with Crippen LogP contribution in [-0.2, 0) is 4.79 Å². The molecule has 0 aliphatic rings. The normalized spacial score (nSPS) is 10.3. The third kappa shape index (κ3) is 4.82. The number of aryl methyl sites for hydroxylation is 1. The number of hydrogen-bond donors (Lipinski definition) is 1. The summed E-state index contributed by atoms with van der Waals surface area (Å²) in [5.74, 6) is 1.71. The van der Waals surface area contributed by atoms with Crippen LogP contribution in [0.1, 0.15) is 30.9 Å². The van der Waals surface area contributed by atoms with Crippen LogP contribution in [0.25, 0.3) is 0 Å². The van der Waals surface area contributed by atoms with Crippen LogP contribution in [0.5, 0.6) is 0 Å². The predicted octanol–water partition coefficient (Wildman–Crippen LogP) is 3.78. The topological polar surface area (TPSA) is 29.1 Å². The number of anilines is 1. The van der Waals surface area contributed by atoms with Crippen LogP contribution in [0, 0.1) is 13.8 Å². The molecule has 0 atom stereocenters. The summed E-state index contributed by atoms with van der Waals surface area (Å²) in [6, 6.07) is 5.99. The molecule has 94 valence electrons. The zero-order valence-corrected chi connectivity index (χ0v) is 11.7. The number of unbranched alkanes of at least 4 members (excludes halogenated alkanes) is 1. The van der Waals surface area contributed by atoms with E-state index >= 15 is 0 Å². The summed E-state index contributed by atoms with van der Waals surface area (Å²) in [5.41, 5.74) is 3.30. The first kappa shape index (κ1) is 14.1. The van der Waals surface area contributed by atoms with Crippen molar-refractivity contribution in [2.75, 3.05) is 16.8 Å². The van der Waals surface area contributed by atoms with Gasteiger partial charge in [-0.15, -0.1) is 0 Å². The maximum atomic E-state index is 11.7. The molecular formula is C14H21NOS. The van der Waals surface area contributed by atoms with E-state index in [1.54, 1.807) is 11.8 Å². The molecule has 1 rings (SSSR count). The molecule has 17 heavy (non-hydrogen) atoms. The van der Waals surface area contributed by atoms with Crippen LogP contribution >= 0.6 is 11.8 Å². The number of nitrogens with one attached hydrogen (secondary N) is 1. The molecule has 0 saturated heterocycles. The first-order valence-electron chi connectivity index (χ1n) is 6.09. The van der Waals surface area contributed by atoms with Gasteiger partial charge in [-0.2, -0.15) is 11.8 Å². The molecule has 0 saturated carbocycles. The monoisotopic (exact) mass is 251 g/mol. The third-order valence-corrected chi connectivity index (χ3v) is 3.80. The highest BCUT2D eigenvalue weighted by Crippen LogP contribution is 2.18. The average Bonchev–Trinajstić information content (AvgIpc) is 2.31. The lowest BCUT2D eigenvalue weighted by Crippen LogP contribution is -2.15. The molecule has 1 amide bonds. The zero-order valence-electron chi connectivity index (χ0n) is 10.9. The van der Waals surface area contributed by atoms with Crippen LogP contribution in [-0.4, -0.2) is 17.4 Å². The summed E-state index contributed by atoms with van der Waals surface area (Å²) in [4.78, 5) is 11.7. The van der Waals surface area contributed by atoms with Gasteiger partial charge in [0, 0.05) is 5.69 Å². The van der Waals surface area contributed by atoms with Crippen molar-refractivity contribution in [2.24, 2.45) is 0 Å². The molecule has 1 N–H and O–H groups in total. The number of hydrogen-bond acceptors (Lipinski definition) is 2. The van der Waals surface area contributed by atoms with Gasteiger partial charge in [0.2, 0.25) is 5.91 Å². The van der Waals surface area contributed by atoms with Gasteiger partial charge in [0.1, 0.15) is 0 Å². The highest BCUT2D eigenvalue weighted by molar-refractivity contribution is 7.99. The highest BCUT2D eigenvalue weighted by atomic mass is 32.2. The van der Waals surface area contributed by atoms with Crippen molar-refractivity contribution < 1.29 is 4.79 Å². The van der Waals surface area contributed by atoms with Crippen LogP contribution in [0.2, 0.25) is 0 Å². The third-order valence-electron chi connectivity index (χ3n) is 2.75. The second-order valence-corrected chi connectivity index (χ2v) is 5.31. The number of rotatable bonds is 6. The van der Waals surface area contributed by atoms with E-state index in [2.05, 4.69) is 25.2 Å². The number of benzene rings is 1. The molecule has 0 aromatic heterocycles. The fourth-order valence-corrected chi connectivity index (χ4v) is 2.38. The smallest absolute Gasteiger partial charge is 0.234 e. The van der Waals surface area contributed by atoms with Gasteiger partial charge in [-0.25, -0.2) is 0 Å². The van der Waals surface area contributed by atoms with Gasteiger partial charge in [-0.05, 0) is 43.2 Å². The summed E-state index contributed by atoms with van der Waals surface area (Å²) < 4.78 is 0. The van der Waals surface area contributed by atoms with Crippen molar-refractivity contribution in [1.82, 2.24) is 0 Å². The molecule has 1 aromatic rings. The van der Waals surface area contributed by atoms with Gasteiger partial charge in [-0.3, -0.25) is 4.79 Å². The van der Waals surface area contributed by atoms with E-state index in [0.717, 1.165) is 17.0 Å². The molecule has 0 heterocycles. The van der Waals surface area contributed by atoms with Gasteiger partial charge < -0.3 is 5.32 Å². The van der Waals surface area contributed by atoms with E-state index in [-0.39, 0.29) is 5.91 Å². The lowest BCUT2D eigenvalue weighted by molar-refractivity contribution is -0.113. The number of thioether (sulfide) groups is 1. The fourth-order valence-electron chi connectivity index (χ4n) is 1.48. The van der Waals surface area contributed by atoms with Crippen LogP contribution in [0.3, 0.4) is 0 Å². The van der Waals surface area contributed by atoms with Crippen LogP contribution in [0.4, 0.5) is 5.69 Å². The Morgan fingerprint density at radius 3 is 2.82 bits per heavy atom. The van der Waals surface area contributed by atoms with Crippen LogP contribution in [0.15, 0.2) is 18.2 Å². The SMILES string of the molecule is CCCCSCC(=O)Nc1cccc(C)c1C. The number of carbonyl (C=O) groups is 1. The Bertz CT molecular complexity index is 376. The molecule has 0 aliphatic carbocycles. The highest BCUT2D eigenvalue weighted by Gasteiger charge is 2.05. The Kier molecular flexibility index (Phi) is 6.12. The van der Waals surface area contributed by atoms with Crippen molar-refractivity contribution in [1.29, 1.82) is 0 Å². The summed E-state index contributed by atoms with van der Waals surface area (Å²) in [5, 5.41) is 2.97. The van der Waals surface area contributed by atoms with E-state index in [1.165, 1.54) is 18.4 Å². The van der Waals surface area contributed by atoms with Gasteiger partial charge in [-0.1, -0.05) is 25.5 Å². The van der Waals surface area contributed by atoms with Crippen LogP contribution < -0.4 is 5.32 Å². The molecular weight excluding hydrogens is 230 g/mol.